The maximum atomic E-state index is 12.5. The topological polar surface area (TPSA) is 128 Å². The van der Waals surface area contributed by atoms with E-state index in [-0.39, 0.29) is 23.3 Å². The van der Waals surface area contributed by atoms with E-state index < -0.39 is 15.9 Å². The molecule has 0 saturated heterocycles. The van der Waals surface area contributed by atoms with Crippen molar-refractivity contribution in [3.8, 4) is 5.75 Å². The molecule has 34 heavy (non-hydrogen) atoms. The Morgan fingerprint density at radius 2 is 1.76 bits per heavy atom. The lowest BCUT2D eigenvalue weighted by Gasteiger charge is -2.10. The van der Waals surface area contributed by atoms with Gasteiger partial charge in [-0.05, 0) is 67.4 Å². The van der Waals surface area contributed by atoms with Crippen molar-refractivity contribution in [3.63, 3.8) is 0 Å². The molecule has 0 fully saturated rings. The molecule has 0 radical (unpaired) electrons. The smallest absolute Gasteiger partial charge is 0.276 e. The molecule has 2 N–H and O–H groups in total. The highest BCUT2D eigenvalue weighted by Crippen LogP contribution is 2.20. The zero-order valence-corrected chi connectivity index (χ0v) is 19.3. The van der Waals surface area contributed by atoms with Gasteiger partial charge in [-0.25, -0.2) is 27.8 Å². The van der Waals surface area contributed by atoms with Gasteiger partial charge in [0.05, 0.1) is 4.90 Å². The lowest BCUT2D eigenvalue weighted by molar-refractivity contribution is 0.102. The molecule has 10 nitrogen and oxygen atoms in total. The highest BCUT2D eigenvalue weighted by Gasteiger charge is 2.16. The SMILES string of the molecule is Cc1ccc(C)c(OCn2ccc(C(=O)Nc3ccc(S(=O)(=O)Nc4ncccn4)cc3)n2)c1. The number of hydrogen-bond acceptors (Lipinski definition) is 7. The third kappa shape index (κ3) is 5.56. The molecule has 4 rings (SSSR count). The second-order valence-electron chi connectivity index (χ2n) is 7.44. The van der Waals surface area contributed by atoms with Crippen molar-refractivity contribution < 1.29 is 17.9 Å². The van der Waals surface area contributed by atoms with Crippen molar-refractivity contribution in [1.82, 2.24) is 19.7 Å². The molecule has 0 bridgehead atoms. The van der Waals surface area contributed by atoms with Crippen LogP contribution in [0, 0.1) is 13.8 Å². The Morgan fingerprint density at radius 1 is 1.03 bits per heavy atom. The maximum Gasteiger partial charge on any atom is 0.276 e. The zero-order chi connectivity index (χ0) is 24.1. The molecule has 4 aromatic rings. The molecule has 0 aliphatic rings. The summed E-state index contributed by atoms with van der Waals surface area (Å²) in [5.41, 5.74) is 2.71. The van der Waals surface area contributed by atoms with Gasteiger partial charge in [0.25, 0.3) is 15.9 Å². The predicted molar refractivity (Wildman–Crippen MR) is 126 cm³/mol. The fourth-order valence-corrected chi connectivity index (χ4v) is 3.95. The van der Waals surface area contributed by atoms with Crippen LogP contribution in [0.3, 0.4) is 0 Å². The number of aryl methyl sites for hydroxylation is 2. The van der Waals surface area contributed by atoms with Crippen LogP contribution in [0.25, 0.3) is 0 Å². The molecular weight excluding hydrogens is 456 g/mol. The Bertz CT molecular complexity index is 1400. The molecule has 2 heterocycles. The van der Waals surface area contributed by atoms with E-state index in [1.54, 1.807) is 18.3 Å². The number of hydrogen-bond donors (Lipinski definition) is 2. The lowest BCUT2D eigenvalue weighted by atomic mass is 10.1. The number of nitrogens with one attached hydrogen (secondary N) is 2. The van der Waals surface area contributed by atoms with Gasteiger partial charge >= 0.3 is 0 Å². The maximum absolute atomic E-state index is 12.5. The summed E-state index contributed by atoms with van der Waals surface area (Å²) in [6.07, 6.45) is 4.51. The Hall–Kier alpha value is -4.25. The number of carbonyl (C=O) groups is 1. The number of rotatable bonds is 8. The molecule has 174 valence electrons. The van der Waals surface area contributed by atoms with Crippen molar-refractivity contribution in [1.29, 1.82) is 0 Å². The number of sulfonamides is 1. The van der Waals surface area contributed by atoms with Crippen molar-refractivity contribution >= 4 is 27.6 Å². The van der Waals surface area contributed by atoms with E-state index in [9.17, 15) is 13.2 Å². The second-order valence-corrected chi connectivity index (χ2v) is 9.12. The summed E-state index contributed by atoms with van der Waals surface area (Å²) in [4.78, 5) is 20.2. The Kier molecular flexibility index (Phi) is 6.55. The van der Waals surface area contributed by atoms with Crippen LogP contribution in [-0.4, -0.2) is 34.1 Å². The summed E-state index contributed by atoms with van der Waals surface area (Å²) in [7, 11) is -3.86. The monoisotopic (exact) mass is 478 g/mol. The first-order valence-electron chi connectivity index (χ1n) is 10.2. The van der Waals surface area contributed by atoms with Gasteiger partial charge in [-0.1, -0.05) is 12.1 Å². The number of ether oxygens (including phenoxy) is 1. The summed E-state index contributed by atoms with van der Waals surface area (Å²) in [5.74, 6) is 0.291. The van der Waals surface area contributed by atoms with E-state index >= 15 is 0 Å². The van der Waals surface area contributed by atoms with Crippen LogP contribution in [0.2, 0.25) is 0 Å². The van der Waals surface area contributed by atoms with Gasteiger partial charge in [0, 0.05) is 24.3 Å². The molecule has 2 aromatic carbocycles. The minimum atomic E-state index is -3.86. The van der Waals surface area contributed by atoms with Gasteiger partial charge in [0.2, 0.25) is 5.95 Å². The van der Waals surface area contributed by atoms with E-state index in [0.29, 0.717) is 5.69 Å². The van der Waals surface area contributed by atoms with Crippen molar-refractivity contribution in [3.05, 3.63) is 90.0 Å². The third-order valence-corrected chi connectivity index (χ3v) is 6.13. The largest absolute Gasteiger partial charge is 0.471 e. The summed E-state index contributed by atoms with van der Waals surface area (Å²) in [6, 6.07) is 14.8. The lowest BCUT2D eigenvalue weighted by Crippen LogP contribution is -2.16. The highest BCUT2D eigenvalue weighted by molar-refractivity contribution is 7.92. The summed E-state index contributed by atoms with van der Waals surface area (Å²) >= 11 is 0. The number of anilines is 2. The van der Waals surface area contributed by atoms with Gasteiger partial charge in [-0.15, -0.1) is 0 Å². The van der Waals surface area contributed by atoms with E-state index in [0.717, 1.165) is 16.9 Å². The molecule has 0 atom stereocenters. The molecule has 11 heteroatoms. The van der Waals surface area contributed by atoms with Crippen LogP contribution in [0.15, 0.2) is 78.1 Å². The minimum absolute atomic E-state index is 0.00539. The van der Waals surface area contributed by atoms with Gasteiger partial charge in [-0.3, -0.25) is 4.79 Å². The second kappa shape index (κ2) is 9.71. The van der Waals surface area contributed by atoms with Crippen LogP contribution in [0.5, 0.6) is 5.75 Å². The van der Waals surface area contributed by atoms with Crippen LogP contribution in [-0.2, 0) is 16.8 Å². The van der Waals surface area contributed by atoms with E-state index in [4.69, 9.17) is 4.74 Å². The average Bonchev–Trinajstić information content (AvgIpc) is 3.30. The van der Waals surface area contributed by atoms with Gasteiger partial charge in [0.1, 0.15) is 5.75 Å². The third-order valence-electron chi connectivity index (χ3n) is 4.78. The van der Waals surface area contributed by atoms with Crippen LogP contribution in [0.4, 0.5) is 11.6 Å². The summed E-state index contributed by atoms with van der Waals surface area (Å²) in [5, 5.41) is 6.93. The normalized spacial score (nSPS) is 11.1. The van der Waals surface area contributed by atoms with E-state index in [1.165, 1.54) is 41.3 Å². The number of benzene rings is 2. The fraction of sp³-hybridized carbons (Fsp3) is 0.130. The highest BCUT2D eigenvalue weighted by atomic mass is 32.2. The molecular formula is C23H22N6O4S. The number of aromatic nitrogens is 4. The Balaban J connectivity index is 1.37. The molecule has 0 spiro atoms. The quantitative estimate of drug-likeness (QED) is 0.397. The standard InChI is InChI=1S/C23H22N6O4S/c1-16-4-5-17(2)21(14-16)33-15-29-13-10-20(27-29)22(30)26-18-6-8-19(9-7-18)34(31,32)28-23-24-11-3-12-25-23/h3-14H,15H2,1-2H3,(H,26,30)(H,24,25,28). The Morgan fingerprint density at radius 3 is 2.50 bits per heavy atom. The first kappa shape index (κ1) is 22.9. The van der Waals surface area contributed by atoms with E-state index in [1.807, 2.05) is 32.0 Å². The van der Waals surface area contributed by atoms with Crippen molar-refractivity contribution in [2.75, 3.05) is 10.0 Å². The number of carbonyl (C=O) groups excluding carboxylic acids is 1. The predicted octanol–water partition coefficient (Wildman–Crippen LogP) is 3.38. The zero-order valence-electron chi connectivity index (χ0n) is 18.5. The molecule has 2 aromatic heterocycles. The van der Waals surface area contributed by atoms with E-state index in [2.05, 4.69) is 25.1 Å². The number of nitrogens with zero attached hydrogens (tertiary/aromatic N) is 4. The van der Waals surface area contributed by atoms with Crippen molar-refractivity contribution in [2.45, 2.75) is 25.5 Å². The molecule has 0 aliphatic carbocycles. The molecule has 0 aliphatic heterocycles. The fourth-order valence-electron chi connectivity index (χ4n) is 3.00. The molecule has 0 saturated carbocycles. The van der Waals surface area contributed by atoms with Crippen LogP contribution < -0.4 is 14.8 Å². The summed E-state index contributed by atoms with van der Waals surface area (Å²) in [6.45, 7) is 4.10. The first-order chi connectivity index (χ1) is 16.3. The molecule has 1 amide bonds. The average molecular weight is 479 g/mol. The minimum Gasteiger partial charge on any atom is -0.471 e. The number of amides is 1. The van der Waals surface area contributed by atoms with Gasteiger partial charge in [-0.2, -0.15) is 5.10 Å². The van der Waals surface area contributed by atoms with Crippen molar-refractivity contribution in [2.24, 2.45) is 0 Å². The molecule has 0 unspecified atom stereocenters. The summed E-state index contributed by atoms with van der Waals surface area (Å²) < 4.78 is 34.5. The first-order valence-corrected chi connectivity index (χ1v) is 11.7. The van der Waals surface area contributed by atoms with Crippen LogP contribution >= 0.6 is 0 Å². The van der Waals surface area contributed by atoms with Crippen LogP contribution in [0.1, 0.15) is 21.6 Å². The van der Waals surface area contributed by atoms with Gasteiger partial charge < -0.3 is 10.1 Å². The Labute approximate surface area is 196 Å². The van der Waals surface area contributed by atoms with Gasteiger partial charge in [0.15, 0.2) is 12.4 Å².